The summed E-state index contributed by atoms with van der Waals surface area (Å²) in [7, 11) is 0. The molecule has 2 rings (SSSR count). The third kappa shape index (κ3) is 2.65. The lowest BCUT2D eigenvalue weighted by Gasteiger charge is -2.44. The Balaban J connectivity index is 2.01. The molecule has 16 heavy (non-hydrogen) atoms. The second-order valence-corrected chi connectivity index (χ2v) is 6.16. The van der Waals surface area contributed by atoms with Gasteiger partial charge in [-0.1, -0.05) is 13.0 Å². The minimum Gasteiger partial charge on any atom is -0.309 e. The molecule has 1 aromatic heterocycles. The van der Waals surface area contributed by atoms with Crippen LogP contribution in [0.3, 0.4) is 0 Å². The van der Waals surface area contributed by atoms with E-state index in [0.29, 0.717) is 11.6 Å². The molecule has 0 aliphatic carbocycles. The van der Waals surface area contributed by atoms with Crippen LogP contribution < -0.4 is 5.32 Å². The van der Waals surface area contributed by atoms with Crippen molar-refractivity contribution in [2.45, 2.75) is 45.3 Å². The molecule has 0 bridgehead atoms. The first-order valence-corrected chi connectivity index (χ1v) is 7.02. The van der Waals surface area contributed by atoms with Crippen LogP contribution in [-0.2, 0) is 6.54 Å². The van der Waals surface area contributed by atoms with Gasteiger partial charge in [0.1, 0.15) is 0 Å². The summed E-state index contributed by atoms with van der Waals surface area (Å²) in [4.78, 5) is 4.08. The molecule has 0 radical (unpaired) electrons. The highest BCUT2D eigenvalue weighted by atomic mass is 32.1. The maximum atomic E-state index is 3.67. The first-order chi connectivity index (χ1) is 7.63. The zero-order valence-electron chi connectivity index (χ0n) is 10.5. The van der Waals surface area contributed by atoms with Crippen LogP contribution in [0.1, 0.15) is 32.1 Å². The van der Waals surface area contributed by atoms with Crippen LogP contribution >= 0.6 is 11.3 Å². The summed E-state index contributed by atoms with van der Waals surface area (Å²) >= 11 is 1.86. The maximum absolute atomic E-state index is 3.67. The molecule has 2 heterocycles. The van der Waals surface area contributed by atoms with E-state index < -0.39 is 0 Å². The molecule has 3 heteroatoms. The molecule has 1 fully saturated rings. The highest BCUT2D eigenvalue weighted by Crippen LogP contribution is 2.22. The van der Waals surface area contributed by atoms with E-state index in [1.54, 1.807) is 0 Å². The number of nitrogens with zero attached hydrogens (tertiary/aromatic N) is 1. The average Bonchev–Trinajstić information content (AvgIpc) is 2.77. The number of piperazine rings is 1. The van der Waals surface area contributed by atoms with Crippen molar-refractivity contribution >= 4 is 11.3 Å². The van der Waals surface area contributed by atoms with Gasteiger partial charge < -0.3 is 5.32 Å². The zero-order chi connectivity index (χ0) is 11.6. The molecular weight excluding hydrogens is 216 g/mol. The van der Waals surface area contributed by atoms with E-state index in [9.17, 15) is 0 Å². The summed E-state index contributed by atoms with van der Waals surface area (Å²) < 4.78 is 0. The lowest BCUT2D eigenvalue weighted by atomic mass is 9.94. The van der Waals surface area contributed by atoms with Gasteiger partial charge in [0.2, 0.25) is 0 Å². The standard InChI is InChI=1S/C13H22N2S/c1-4-13(3)10-15(11(2)8-14-13)9-12-6-5-7-16-12/h5-7,11,14H,4,8-10H2,1-3H3. The first-order valence-electron chi connectivity index (χ1n) is 6.14. The quantitative estimate of drug-likeness (QED) is 0.871. The van der Waals surface area contributed by atoms with Crippen molar-refractivity contribution in [1.82, 2.24) is 10.2 Å². The van der Waals surface area contributed by atoms with Crippen molar-refractivity contribution in [2.24, 2.45) is 0 Å². The molecular formula is C13H22N2S. The zero-order valence-corrected chi connectivity index (χ0v) is 11.3. The Morgan fingerprint density at radius 3 is 3.06 bits per heavy atom. The van der Waals surface area contributed by atoms with Crippen LogP contribution in [0.5, 0.6) is 0 Å². The van der Waals surface area contributed by atoms with Gasteiger partial charge in [-0.25, -0.2) is 0 Å². The smallest absolute Gasteiger partial charge is 0.0332 e. The molecule has 2 nitrogen and oxygen atoms in total. The first kappa shape index (κ1) is 12.1. The predicted molar refractivity (Wildman–Crippen MR) is 70.9 cm³/mol. The molecule has 2 unspecified atom stereocenters. The highest BCUT2D eigenvalue weighted by Gasteiger charge is 2.32. The van der Waals surface area contributed by atoms with E-state index in [1.807, 2.05) is 11.3 Å². The van der Waals surface area contributed by atoms with Gasteiger partial charge in [-0.05, 0) is 31.7 Å². The lowest BCUT2D eigenvalue weighted by Crippen LogP contribution is -2.61. The van der Waals surface area contributed by atoms with E-state index in [2.05, 4.69) is 48.5 Å². The number of rotatable bonds is 3. The van der Waals surface area contributed by atoms with Crippen LogP contribution in [0.25, 0.3) is 0 Å². The van der Waals surface area contributed by atoms with Crippen LogP contribution in [0.4, 0.5) is 0 Å². The van der Waals surface area contributed by atoms with Crippen molar-refractivity contribution < 1.29 is 0 Å². The summed E-state index contributed by atoms with van der Waals surface area (Å²) in [6.07, 6.45) is 1.20. The molecule has 1 N–H and O–H groups in total. The Kier molecular flexibility index (Phi) is 3.67. The number of thiophene rings is 1. The fourth-order valence-corrected chi connectivity index (χ4v) is 2.96. The van der Waals surface area contributed by atoms with Crippen LogP contribution in [0.15, 0.2) is 17.5 Å². The topological polar surface area (TPSA) is 15.3 Å². The SMILES string of the molecule is CCC1(C)CN(Cc2cccs2)C(C)CN1. The second kappa shape index (κ2) is 4.86. The van der Waals surface area contributed by atoms with Gasteiger partial charge in [0, 0.05) is 36.1 Å². The fourth-order valence-electron chi connectivity index (χ4n) is 2.23. The van der Waals surface area contributed by atoms with Gasteiger partial charge in [-0.3, -0.25) is 4.90 Å². The Bertz CT molecular complexity index is 323. The van der Waals surface area contributed by atoms with Gasteiger partial charge >= 0.3 is 0 Å². The normalized spacial score (nSPS) is 31.8. The van der Waals surface area contributed by atoms with Crippen molar-refractivity contribution in [2.75, 3.05) is 13.1 Å². The van der Waals surface area contributed by atoms with Gasteiger partial charge in [0.15, 0.2) is 0 Å². The van der Waals surface area contributed by atoms with Gasteiger partial charge in [-0.15, -0.1) is 11.3 Å². The summed E-state index contributed by atoms with van der Waals surface area (Å²) in [6, 6.07) is 5.02. The molecule has 0 saturated carbocycles. The van der Waals surface area contributed by atoms with Gasteiger partial charge in [0.05, 0.1) is 0 Å². The number of nitrogens with one attached hydrogen (secondary N) is 1. The molecule has 1 aliphatic heterocycles. The van der Waals surface area contributed by atoms with E-state index in [-0.39, 0.29) is 0 Å². The Labute approximate surface area is 103 Å². The van der Waals surface area contributed by atoms with Crippen molar-refractivity contribution in [3.8, 4) is 0 Å². The van der Waals surface area contributed by atoms with E-state index in [0.717, 1.165) is 19.6 Å². The monoisotopic (exact) mass is 238 g/mol. The second-order valence-electron chi connectivity index (χ2n) is 5.13. The van der Waals surface area contributed by atoms with Crippen LogP contribution in [-0.4, -0.2) is 29.6 Å². The molecule has 0 amide bonds. The average molecular weight is 238 g/mol. The summed E-state index contributed by atoms with van der Waals surface area (Å²) in [6.45, 7) is 10.3. The minimum absolute atomic E-state index is 0.295. The van der Waals surface area contributed by atoms with Crippen molar-refractivity contribution in [1.29, 1.82) is 0 Å². The molecule has 2 atom stereocenters. The molecule has 1 saturated heterocycles. The van der Waals surface area contributed by atoms with E-state index in [4.69, 9.17) is 0 Å². The minimum atomic E-state index is 0.295. The molecule has 90 valence electrons. The van der Waals surface area contributed by atoms with Crippen LogP contribution in [0, 0.1) is 0 Å². The summed E-state index contributed by atoms with van der Waals surface area (Å²) in [5, 5.41) is 5.83. The Hall–Kier alpha value is -0.380. The van der Waals surface area contributed by atoms with E-state index in [1.165, 1.54) is 11.3 Å². The van der Waals surface area contributed by atoms with Crippen molar-refractivity contribution in [3.63, 3.8) is 0 Å². The summed E-state index contributed by atoms with van der Waals surface area (Å²) in [5.41, 5.74) is 0.295. The number of hydrogen-bond donors (Lipinski definition) is 1. The predicted octanol–water partition coefficient (Wildman–Crippen LogP) is 2.71. The summed E-state index contributed by atoms with van der Waals surface area (Å²) in [5.74, 6) is 0. The molecule has 0 aromatic carbocycles. The Morgan fingerprint density at radius 1 is 1.62 bits per heavy atom. The lowest BCUT2D eigenvalue weighted by molar-refractivity contribution is 0.0875. The fraction of sp³-hybridized carbons (Fsp3) is 0.692. The molecule has 0 spiro atoms. The van der Waals surface area contributed by atoms with E-state index >= 15 is 0 Å². The third-order valence-corrected chi connectivity index (χ3v) is 4.58. The number of hydrogen-bond acceptors (Lipinski definition) is 3. The molecule has 1 aromatic rings. The highest BCUT2D eigenvalue weighted by molar-refractivity contribution is 7.09. The van der Waals surface area contributed by atoms with Crippen molar-refractivity contribution in [3.05, 3.63) is 22.4 Å². The maximum Gasteiger partial charge on any atom is 0.0332 e. The largest absolute Gasteiger partial charge is 0.309 e. The van der Waals surface area contributed by atoms with Gasteiger partial charge in [0.25, 0.3) is 0 Å². The Morgan fingerprint density at radius 2 is 2.44 bits per heavy atom. The molecule has 1 aliphatic rings. The van der Waals surface area contributed by atoms with Gasteiger partial charge in [-0.2, -0.15) is 0 Å². The van der Waals surface area contributed by atoms with Crippen LogP contribution in [0.2, 0.25) is 0 Å². The third-order valence-electron chi connectivity index (χ3n) is 3.72.